The molecule has 3 rings (SSSR count). The minimum Gasteiger partial charge on any atom is -0.381 e. The Morgan fingerprint density at radius 2 is 2.21 bits per heavy atom. The molecule has 0 bridgehead atoms. The molecule has 1 aromatic heterocycles. The second kappa shape index (κ2) is 5.27. The Labute approximate surface area is 113 Å². The molecule has 1 fully saturated rings. The van der Waals surface area contributed by atoms with Crippen LogP contribution in [0.1, 0.15) is 30.1 Å². The Hall–Kier alpha value is -1.45. The van der Waals surface area contributed by atoms with E-state index in [4.69, 9.17) is 10.5 Å². The molecule has 2 aromatic rings. The Kier molecular flexibility index (Phi) is 3.49. The average molecular weight is 256 g/mol. The topological polar surface area (TPSA) is 48.1 Å². The van der Waals surface area contributed by atoms with Crippen LogP contribution in [0.5, 0.6) is 0 Å². The number of nitrogens with zero attached hydrogens (tertiary/aromatic N) is 1. The number of pyridine rings is 1. The highest BCUT2D eigenvalue weighted by molar-refractivity contribution is 5.79. The van der Waals surface area contributed by atoms with E-state index in [0.717, 1.165) is 42.7 Å². The smallest absolute Gasteiger partial charge is 0.0705 e. The third-order valence-electron chi connectivity index (χ3n) is 3.94. The van der Waals surface area contributed by atoms with Gasteiger partial charge in [0.15, 0.2) is 0 Å². The first-order chi connectivity index (χ1) is 9.24. The van der Waals surface area contributed by atoms with Crippen molar-refractivity contribution < 1.29 is 4.74 Å². The van der Waals surface area contributed by atoms with Crippen LogP contribution in [0.3, 0.4) is 0 Å². The molecule has 0 spiro atoms. The number of fused-ring (bicyclic) bond motifs is 1. The van der Waals surface area contributed by atoms with Crippen LogP contribution < -0.4 is 5.73 Å². The summed E-state index contributed by atoms with van der Waals surface area (Å²) in [5.41, 5.74) is 9.66. The predicted molar refractivity (Wildman–Crippen MR) is 77.0 cm³/mol. The number of nitrogens with two attached hydrogens (primary N) is 1. The third kappa shape index (κ3) is 2.62. The van der Waals surface area contributed by atoms with E-state index >= 15 is 0 Å². The summed E-state index contributed by atoms with van der Waals surface area (Å²) in [5.74, 6) is 0.435. The van der Waals surface area contributed by atoms with Crippen LogP contribution in [0.4, 0.5) is 0 Å². The summed E-state index contributed by atoms with van der Waals surface area (Å²) in [7, 11) is 0. The van der Waals surface area contributed by atoms with Crippen molar-refractivity contribution in [2.24, 2.45) is 11.7 Å². The molecule has 0 saturated carbocycles. The lowest BCUT2D eigenvalue weighted by atomic mass is 9.89. The van der Waals surface area contributed by atoms with Gasteiger partial charge in [-0.15, -0.1) is 0 Å². The summed E-state index contributed by atoms with van der Waals surface area (Å²) in [4.78, 5) is 4.52. The Morgan fingerprint density at radius 3 is 3.00 bits per heavy atom. The maximum Gasteiger partial charge on any atom is 0.0705 e. The minimum absolute atomic E-state index is 0.0611. The molecule has 1 aromatic carbocycles. The Balaban J connectivity index is 1.89. The number of rotatable bonds is 2. The number of ether oxygens (including phenoxy) is 1. The molecule has 100 valence electrons. The molecule has 3 nitrogen and oxygen atoms in total. The zero-order valence-corrected chi connectivity index (χ0v) is 11.3. The summed E-state index contributed by atoms with van der Waals surface area (Å²) in [5, 5.41) is 1.16. The SMILES string of the molecule is Cc1ccc2cc(C(N)C3CCCOC3)ccc2n1. The third-order valence-corrected chi connectivity index (χ3v) is 3.94. The maximum atomic E-state index is 6.39. The monoisotopic (exact) mass is 256 g/mol. The molecule has 1 aliphatic heterocycles. The second-order valence-corrected chi connectivity index (χ2v) is 5.41. The zero-order chi connectivity index (χ0) is 13.2. The quantitative estimate of drug-likeness (QED) is 0.898. The van der Waals surface area contributed by atoms with E-state index in [0.29, 0.717) is 5.92 Å². The molecule has 0 radical (unpaired) electrons. The lowest BCUT2D eigenvalue weighted by Crippen LogP contribution is -2.28. The fraction of sp³-hybridized carbons (Fsp3) is 0.438. The first-order valence-electron chi connectivity index (χ1n) is 6.95. The van der Waals surface area contributed by atoms with Crippen molar-refractivity contribution >= 4 is 10.9 Å². The lowest BCUT2D eigenvalue weighted by molar-refractivity contribution is 0.0448. The molecule has 0 aliphatic carbocycles. The van der Waals surface area contributed by atoms with Gasteiger partial charge in [-0.05, 0) is 43.5 Å². The van der Waals surface area contributed by atoms with Gasteiger partial charge in [0.05, 0.1) is 12.1 Å². The van der Waals surface area contributed by atoms with Gasteiger partial charge in [-0.25, -0.2) is 0 Å². The van der Waals surface area contributed by atoms with Crippen LogP contribution in [-0.2, 0) is 4.74 Å². The highest BCUT2D eigenvalue weighted by Crippen LogP contribution is 2.28. The van der Waals surface area contributed by atoms with Crippen LogP contribution in [0.2, 0.25) is 0 Å². The molecule has 3 heteroatoms. The number of hydrogen-bond acceptors (Lipinski definition) is 3. The van der Waals surface area contributed by atoms with Crippen molar-refractivity contribution in [3.8, 4) is 0 Å². The van der Waals surface area contributed by atoms with Crippen LogP contribution in [0.15, 0.2) is 30.3 Å². The highest BCUT2D eigenvalue weighted by atomic mass is 16.5. The van der Waals surface area contributed by atoms with Crippen molar-refractivity contribution in [2.45, 2.75) is 25.8 Å². The van der Waals surface area contributed by atoms with Gasteiger partial charge in [0.1, 0.15) is 0 Å². The van der Waals surface area contributed by atoms with Crippen molar-refractivity contribution in [3.63, 3.8) is 0 Å². The number of aromatic nitrogens is 1. The fourth-order valence-electron chi connectivity index (χ4n) is 2.77. The summed E-state index contributed by atoms with van der Waals surface area (Å²) in [6, 6.07) is 10.6. The number of benzene rings is 1. The standard InChI is InChI=1S/C16H20N2O/c1-11-4-5-12-9-13(6-7-15(12)18-11)16(17)14-3-2-8-19-10-14/h4-7,9,14,16H,2-3,8,10,17H2,1H3. The highest BCUT2D eigenvalue weighted by Gasteiger charge is 2.22. The van der Waals surface area contributed by atoms with Crippen molar-refractivity contribution in [1.82, 2.24) is 4.98 Å². The van der Waals surface area contributed by atoms with E-state index in [-0.39, 0.29) is 6.04 Å². The van der Waals surface area contributed by atoms with E-state index in [1.165, 1.54) is 5.56 Å². The fourth-order valence-corrected chi connectivity index (χ4v) is 2.77. The molecule has 2 N–H and O–H groups in total. The summed E-state index contributed by atoms with van der Waals surface area (Å²) in [6.45, 7) is 3.67. The van der Waals surface area contributed by atoms with E-state index in [1.807, 2.05) is 13.0 Å². The first-order valence-corrected chi connectivity index (χ1v) is 6.95. The molecule has 2 unspecified atom stereocenters. The second-order valence-electron chi connectivity index (χ2n) is 5.41. The number of aryl methyl sites for hydroxylation is 1. The van der Waals surface area contributed by atoms with Crippen LogP contribution in [0, 0.1) is 12.8 Å². The van der Waals surface area contributed by atoms with E-state index in [1.54, 1.807) is 0 Å². The van der Waals surface area contributed by atoms with Crippen LogP contribution in [0.25, 0.3) is 10.9 Å². The molecule has 2 heterocycles. The molecule has 1 aliphatic rings. The summed E-state index contributed by atoms with van der Waals surface area (Å²) < 4.78 is 5.54. The largest absolute Gasteiger partial charge is 0.381 e. The average Bonchev–Trinajstić information content (AvgIpc) is 2.47. The van der Waals surface area contributed by atoms with Gasteiger partial charge in [0.2, 0.25) is 0 Å². The molecular weight excluding hydrogens is 236 g/mol. The predicted octanol–water partition coefficient (Wildman–Crippen LogP) is 2.97. The van der Waals surface area contributed by atoms with E-state index in [2.05, 4.69) is 29.2 Å². The van der Waals surface area contributed by atoms with Gasteiger partial charge in [-0.1, -0.05) is 12.1 Å². The van der Waals surface area contributed by atoms with Gasteiger partial charge in [-0.3, -0.25) is 4.98 Å². The molecule has 2 atom stereocenters. The van der Waals surface area contributed by atoms with Crippen molar-refractivity contribution in [2.75, 3.05) is 13.2 Å². The van der Waals surface area contributed by atoms with Gasteiger partial charge in [0, 0.05) is 29.6 Å². The van der Waals surface area contributed by atoms with Gasteiger partial charge in [0.25, 0.3) is 0 Å². The Morgan fingerprint density at radius 1 is 1.32 bits per heavy atom. The summed E-state index contributed by atoms with van der Waals surface area (Å²) >= 11 is 0. The van der Waals surface area contributed by atoms with E-state index < -0.39 is 0 Å². The van der Waals surface area contributed by atoms with Gasteiger partial charge >= 0.3 is 0 Å². The first kappa shape index (κ1) is 12.6. The Bertz CT molecular complexity index is 576. The molecule has 19 heavy (non-hydrogen) atoms. The van der Waals surface area contributed by atoms with Crippen LogP contribution in [-0.4, -0.2) is 18.2 Å². The van der Waals surface area contributed by atoms with Crippen LogP contribution >= 0.6 is 0 Å². The van der Waals surface area contributed by atoms with Gasteiger partial charge in [-0.2, -0.15) is 0 Å². The van der Waals surface area contributed by atoms with E-state index in [9.17, 15) is 0 Å². The van der Waals surface area contributed by atoms with Crippen molar-refractivity contribution in [1.29, 1.82) is 0 Å². The van der Waals surface area contributed by atoms with Crippen molar-refractivity contribution in [3.05, 3.63) is 41.6 Å². The molecule has 1 saturated heterocycles. The maximum absolute atomic E-state index is 6.39. The summed E-state index contributed by atoms with van der Waals surface area (Å²) in [6.07, 6.45) is 2.28. The number of hydrogen-bond donors (Lipinski definition) is 1. The molecule has 0 amide bonds. The molecular formula is C16H20N2O. The zero-order valence-electron chi connectivity index (χ0n) is 11.3. The normalized spacial score (nSPS) is 21.5. The lowest BCUT2D eigenvalue weighted by Gasteiger charge is -2.28. The van der Waals surface area contributed by atoms with Gasteiger partial charge < -0.3 is 10.5 Å². The minimum atomic E-state index is 0.0611.